The lowest BCUT2D eigenvalue weighted by Crippen LogP contribution is -2.39. The van der Waals surface area contributed by atoms with Crippen molar-refractivity contribution in [3.63, 3.8) is 0 Å². The Labute approximate surface area is 202 Å². The van der Waals surface area contributed by atoms with Crippen LogP contribution in [-0.2, 0) is 16.0 Å². The number of thiocarbonyl (C=S) groups is 1. The third-order valence-electron chi connectivity index (χ3n) is 5.64. The first-order chi connectivity index (χ1) is 16.5. The maximum absolute atomic E-state index is 13.5. The summed E-state index contributed by atoms with van der Waals surface area (Å²) in [6.45, 7) is 0.442. The topological polar surface area (TPSA) is 61.9 Å². The molecular weight excluding hydrogens is 453 g/mol. The van der Waals surface area contributed by atoms with Crippen molar-refractivity contribution in [1.29, 1.82) is 0 Å². The molecule has 2 amide bonds. The van der Waals surface area contributed by atoms with Gasteiger partial charge in [-0.3, -0.25) is 14.5 Å². The van der Waals surface area contributed by atoms with Gasteiger partial charge in [0.2, 0.25) is 5.91 Å². The highest BCUT2D eigenvalue weighted by atomic mass is 32.1. The molecule has 0 saturated carbocycles. The molecule has 1 saturated heterocycles. The highest BCUT2D eigenvalue weighted by Crippen LogP contribution is 2.28. The molecule has 1 fully saturated rings. The highest BCUT2D eigenvalue weighted by Gasteiger charge is 2.43. The van der Waals surface area contributed by atoms with Gasteiger partial charge in [-0.1, -0.05) is 30.3 Å². The van der Waals surface area contributed by atoms with Crippen molar-refractivity contribution < 1.29 is 18.7 Å². The lowest BCUT2D eigenvalue weighted by atomic mass is 10.1. The molecule has 6 nitrogen and oxygen atoms in total. The quantitative estimate of drug-likeness (QED) is 0.487. The van der Waals surface area contributed by atoms with Gasteiger partial charge in [0.1, 0.15) is 17.6 Å². The molecule has 3 aromatic rings. The summed E-state index contributed by atoms with van der Waals surface area (Å²) in [6.07, 6.45) is 0.555. The molecule has 8 heteroatoms. The van der Waals surface area contributed by atoms with E-state index in [1.807, 2.05) is 42.5 Å². The second-order valence-corrected chi connectivity index (χ2v) is 8.22. The first-order valence-electron chi connectivity index (χ1n) is 10.8. The van der Waals surface area contributed by atoms with Crippen LogP contribution >= 0.6 is 12.2 Å². The minimum atomic E-state index is -0.764. The molecule has 4 rings (SSSR count). The fourth-order valence-electron chi connectivity index (χ4n) is 3.87. The Morgan fingerprint density at radius 1 is 1.03 bits per heavy atom. The Balaban J connectivity index is 1.54. The normalized spacial score (nSPS) is 15.5. The van der Waals surface area contributed by atoms with Gasteiger partial charge in [0.05, 0.1) is 19.2 Å². The number of rotatable bonds is 8. The SMILES string of the molecule is COc1ccc(CCN2C(=S)N(c3ccc(F)cc3)C(=O)[C@H]2CC(=O)Nc2ccccc2)cc1. The number of methoxy groups -OCH3 is 1. The van der Waals surface area contributed by atoms with E-state index in [1.54, 1.807) is 24.1 Å². The van der Waals surface area contributed by atoms with Crippen LogP contribution in [0.5, 0.6) is 5.75 Å². The molecule has 174 valence electrons. The van der Waals surface area contributed by atoms with E-state index in [-0.39, 0.29) is 18.2 Å². The summed E-state index contributed by atoms with van der Waals surface area (Å²) >= 11 is 5.65. The number of benzene rings is 3. The summed E-state index contributed by atoms with van der Waals surface area (Å²) in [4.78, 5) is 29.3. The number of amides is 2. The van der Waals surface area contributed by atoms with Crippen LogP contribution in [0, 0.1) is 5.82 Å². The van der Waals surface area contributed by atoms with Gasteiger partial charge in [-0.15, -0.1) is 0 Å². The van der Waals surface area contributed by atoms with E-state index in [4.69, 9.17) is 17.0 Å². The van der Waals surface area contributed by atoms with Gasteiger partial charge in [-0.05, 0) is 72.7 Å². The second kappa shape index (κ2) is 10.4. The standard InChI is InChI=1S/C26H24FN3O3S/c1-33-22-13-7-18(8-14-22)15-16-29-23(17-24(31)28-20-5-3-2-4-6-20)25(32)30(26(29)34)21-11-9-19(27)10-12-21/h2-14,23H,15-17H2,1H3,(H,28,31)/t23-/m1/s1. The van der Waals surface area contributed by atoms with E-state index < -0.39 is 11.9 Å². The lowest BCUT2D eigenvalue weighted by Gasteiger charge is -2.24. The van der Waals surface area contributed by atoms with Gasteiger partial charge < -0.3 is 15.0 Å². The van der Waals surface area contributed by atoms with Crippen molar-refractivity contribution in [1.82, 2.24) is 4.90 Å². The smallest absolute Gasteiger partial charge is 0.256 e. The maximum atomic E-state index is 13.5. The number of para-hydroxylation sites is 1. The van der Waals surface area contributed by atoms with Gasteiger partial charge in [0.15, 0.2) is 5.11 Å². The summed E-state index contributed by atoms with van der Waals surface area (Å²) in [5, 5.41) is 3.12. The lowest BCUT2D eigenvalue weighted by molar-refractivity contribution is -0.124. The third kappa shape index (κ3) is 5.23. The first kappa shape index (κ1) is 23.4. The van der Waals surface area contributed by atoms with Crippen LogP contribution < -0.4 is 15.0 Å². The molecule has 0 bridgehead atoms. The number of nitrogens with zero attached hydrogens (tertiary/aromatic N) is 2. The molecule has 1 aliphatic rings. The van der Waals surface area contributed by atoms with E-state index in [0.717, 1.165) is 11.3 Å². The Morgan fingerprint density at radius 3 is 2.35 bits per heavy atom. The molecule has 0 unspecified atom stereocenters. The third-order valence-corrected chi connectivity index (χ3v) is 6.06. The fourth-order valence-corrected chi connectivity index (χ4v) is 4.28. The van der Waals surface area contributed by atoms with Crippen LogP contribution in [0.1, 0.15) is 12.0 Å². The largest absolute Gasteiger partial charge is 0.497 e. The molecule has 1 aliphatic heterocycles. The zero-order valence-electron chi connectivity index (χ0n) is 18.6. The van der Waals surface area contributed by atoms with E-state index in [2.05, 4.69) is 5.32 Å². The van der Waals surface area contributed by atoms with Crippen molar-refractivity contribution in [2.24, 2.45) is 0 Å². The number of halogens is 1. The van der Waals surface area contributed by atoms with Crippen molar-refractivity contribution in [3.8, 4) is 5.75 Å². The molecule has 0 aliphatic carbocycles. The number of carbonyl (C=O) groups excluding carboxylic acids is 2. The Kier molecular flexibility index (Phi) is 7.18. The zero-order valence-corrected chi connectivity index (χ0v) is 19.4. The fraction of sp³-hybridized carbons (Fsp3) is 0.192. The number of hydrogen-bond acceptors (Lipinski definition) is 4. The summed E-state index contributed by atoms with van der Waals surface area (Å²) in [6, 6.07) is 21.5. The first-order valence-corrected chi connectivity index (χ1v) is 11.2. The monoisotopic (exact) mass is 477 g/mol. The van der Waals surface area contributed by atoms with Gasteiger partial charge >= 0.3 is 0 Å². The number of nitrogens with one attached hydrogen (secondary N) is 1. The Hall–Kier alpha value is -3.78. The van der Waals surface area contributed by atoms with Crippen molar-refractivity contribution in [2.75, 3.05) is 23.9 Å². The van der Waals surface area contributed by atoms with Gasteiger partial charge in [-0.2, -0.15) is 0 Å². The molecule has 0 radical (unpaired) electrons. The Morgan fingerprint density at radius 2 is 1.71 bits per heavy atom. The van der Waals surface area contributed by atoms with Gasteiger partial charge in [0.25, 0.3) is 5.91 Å². The number of ether oxygens (including phenoxy) is 1. The van der Waals surface area contributed by atoms with Gasteiger partial charge in [-0.25, -0.2) is 4.39 Å². The maximum Gasteiger partial charge on any atom is 0.256 e. The molecule has 1 N–H and O–H groups in total. The van der Waals surface area contributed by atoms with E-state index in [9.17, 15) is 14.0 Å². The van der Waals surface area contributed by atoms with Crippen LogP contribution in [0.25, 0.3) is 0 Å². The minimum Gasteiger partial charge on any atom is -0.497 e. The van der Waals surface area contributed by atoms with Gasteiger partial charge in [0, 0.05) is 12.2 Å². The van der Waals surface area contributed by atoms with Crippen LogP contribution in [0.2, 0.25) is 0 Å². The summed E-state index contributed by atoms with van der Waals surface area (Å²) < 4.78 is 18.7. The minimum absolute atomic E-state index is 0.0613. The van der Waals surface area contributed by atoms with E-state index in [1.165, 1.54) is 29.2 Å². The number of anilines is 2. The highest BCUT2D eigenvalue weighted by molar-refractivity contribution is 7.80. The average molecular weight is 478 g/mol. The summed E-state index contributed by atoms with van der Waals surface area (Å²) in [7, 11) is 1.61. The number of carbonyl (C=O) groups is 2. The molecule has 3 aromatic carbocycles. The van der Waals surface area contributed by atoms with Crippen LogP contribution in [0.3, 0.4) is 0 Å². The van der Waals surface area contributed by atoms with Crippen molar-refractivity contribution in [2.45, 2.75) is 18.9 Å². The van der Waals surface area contributed by atoms with E-state index in [0.29, 0.717) is 29.5 Å². The Bertz CT molecular complexity index is 1170. The molecule has 0 spiro atoms. The van der Waals surface area contributed by atoms with E-state index >= 15 is 0 Å². The van der Waals surface area contributed by atoms with Crippen LogP contribution in [0.4, 0.5) is 15.8 Å². The predicted octanol–water partition coefficient (Wildman–Crippen LogP) is 4.41. The zero-order chi connectivity index (χ0) is 24.1. The van der Waals surface area contributed by atoms with Crippen molar-refractivity contribution in [3.05, 3.63) is 90.2 Å². The molecule has 1 heterocycles. The summed E-state index contributed by atoms with van der Waals surface area (Å²) in [5.74, 6) is -0.248. The molecular formula is C26H24FN3O3S. The average Bonchev–Trinajstić information content (AvgIpc) is 3.08. The molecule has 0 aromatic heterocycles. The number of hydrogen-bond donors (Lipinski definition) is 1. The van der Waals surface area contributed by atoms with Crippen LogP contribution in [0.15, 0.2) is 78.9 Å². The second-order valence-electron chi connectivity index (χ2n) is 7.86. The molecule has 1 atom stereocenters. The summed E-state index contributed by atoms with van der Waals surface area (Å²) in [5.41, 5.74) is 2.17. The molecule has 34 heavy (non-hydrogen) atoms. The van der Waals surface area contributed by atoms with Crippen LogP contribution in [-0.4, -0.2) is 41.5 Å². The predicted molar refractivity (Wildman–Crippen MR) is 133 cm³/mol. The van der Waals surface area contributed by atoms with Crippen molar-refractivity contribution >= 4 is 40.5 Å².